The van der Waals surface area contributed by atoms with Crippen LogP contribution in [-0.2, 0) is 0 Å². The molecule has 3 nitrogen and oxygen atoms in total. The van der Waals surface area contributed by atoms with Gasteiger partial charge in [-0.3, -0.25) is 0 Å². The van der Waals surface area contributed by atoms with Crippen LogP contribution in [0.4, 0.5) is 0 Å². The van der Waals surface area contributed by atoms with Gasteiger partial charge < -0.3 is 4.42 Å². The van der Waals surface area contributed by atoms with E-state index in [0.717, 1.165) is 77.8 Å². The molecule has 0 spiro atoms. The largest absolute Gasteiger partial charge is 0.456 e. The quantitative estimate of drug-likeness (QED) is 0.171. The summed E-state index contributed by atoms with van der Waals surface area (Å²) in [6, 6.07) is 73.0. The van der Waals surface area contributed by atoms with Crippen molar-refractivity contribution in [3.63, 3.8) is 0 Å². The molecule has 3 heteroatoms. The van der Waals surface area contributed by atoms with Crippen LogP contribution >= 0.6 is 0 Å². The number of para-hydroxylation sites is 1. The van der Waals surface area contributed by atoms with E-state index in [4.69, 9.17) is 14.4 Å². The monoisotopic (exact) mass is 726 g/mol. The minimum Gasteiger partial charge on any atom is -0.456 e. The summed E-state index contributed by atoms with van der Waals surface area (Å²) in [5.74, 6) is 0.683. The maximum Gasteiger partial charge on any atom is 0.160 e. The number of aromatic nitrogens is 2. The number of hydrogen-bond donors (Lipinski definition) is 0. The SMILES string of the molecule is c1ccc(-c2nc(-c3cc(-c4ccc5ccccc5c4)cc(-c4ccc5oc6ccccc6c5c4)c3)cc(-c3cccc(-c4cccc5ccccc45)c3)n2)cc1. The van der Waals surface area contributed by atoms with Gasteiger partial charge >= 0.3 is 0 Å². The number of rotatable bonds is 6. The van der Waals surface area contributed by atoms with Gasteiger partial charge in [-0.05, 0) is 110 Å². The van der Waals surface area contributed by atoms with Gasteiger partial charge in [0.2, 0.25) is 0 Å². The van der Waals surface area contributed by atoms with Crippen LogP contribution in [0.3, 0.4) is 0 Å². The van der Waals surface area contributed by atoms with Crippen molar-refractivity contribution in [2.75, 3.05) is 0 Å². The number of fused-ring (bicyclic) bond motifs is 5. The average molecular weight is 727 g/mol. The Hall–Kier alpha value is -7.62. The zero-order chi connectivity index (χ0) is 37.7. The van der Waals surface area contributed by atoms with Crippen LogP contribution in [0.2, 0.25) is 0 Å². The predicted octanol–water partition coefficient (Wildman–Crippen LogP) is 14.7. The van der Waals surface area contributed by atoms with E-state index in [2.05, 4.69) is 176 Å². The normalized spacial score (nSPS) is 11.5. The molecule has 11 rings (SSSR count). The molecular formula is C54H34N2O. The fraction of sp³-hybridized carbons (Fsp3) is 0. The zero-order valence-electron chi connectivity index (χ0n) is 30.9. The molecule has 0 atom stereocenters. The third-order valence-electron chi connectivity index (χ3n) is 11.0. The maximum atomic E-state index is 6.22. The lowest BCUT2D eigenvalue weighted by Crippen LogP contribution is -1.97. The molecule has 0 bridgehead atoms. The van der Waals surface area contributed by atoms with Crippen LogP contribution in [0.15, 0.2) is 211 Å². The molecule has 0 N–H and O–H groups in total. The van der Waals surface area contributed by atoms with Crippen LogP contribution in [-0.4, -0.2) is 9.97 Å². The first kappa shape index (κ1) is 32.8. The highest BCUT2D eigenvalue weighted by Gasteiger charge is 2.16. The summed E-state index contributed by atoms with van der Waals surface area (Å²) in [4.78, 5) is 10.5. The molecule has 0 saturated carbocycles. The van der Waals surface area contributed by atoms with Crippen LogP contribution < -0.4 is 0 Å². The fourth-order valence-electron chi connectivity index (χ4n) is 8.17. The Balaban J connectivity index is 1.12. The molecule has 266 valence electrons. The van der Waals surface area contributed by atoms with E-state index in [1.54, 1.807) is 0 Å². The van der Waals surface area contributed by atoms with Gasteiger partial charge in [0.05, 0.1) is 11.4 Å². The Morgan fingerprint density at radius 1 is 0.281 bits per heavy atom. The first-order valence-electron chi connectivity index (χ1n) is 19.3. The molecule has 57 heavy (non-hydrogen) atoms. The standard InChI is InChI=1S/C54H34N2O/c1-2-14-37(15-3-1)54-55-50(42-19-10-18-41(29-42)47-22-11-17-36-13-6-7-20-46(36)47)34-51(56-54)45-31-43(39-25-24-35-12-4-5-16-38(35)28-39)30-44(32-45)40-26-27-53-49(33-40)48-21-8-9-23-52(48)57-53/h1-34H. The predicted molar refractivity (Wildman–Crippen MR) is 237 cm³/mol. The second-order valence-electron chi connectivity index (χ2n) is 14.6. The second-order valence-corrected chi connectivity index (χ2v) is 14.6. The van der Waals surface area contributed by atoms with Crippen molar-refractivity contribution < 1.29 is 4.42 Å². The lowest BCUT2D eigenvalue weighted by atomic mass is 9.93. The maximum absolute atomic E-state index is 6.22. The van der Waals surface area contributed by atoms with Crippen molar-refractivity contribution >= 4 is 43.5 Å². The molecule has 2 aromatic heterocycles. The molecule has 0 aliphatic carbocycles. The minimum absolute atomic E-state index is 0.683. The molecule has 0 radical (unpaired) electrons. The second kappa shape index (κ2) is 13.6. The van der Waals surface area contributed by atoms with E-state index in [1.807, 2.05) is 30.3 Å². The Morgan fingerprint density at radius 3 is 1.72 bits per heavy atom. The zero-order valence-corrected chi connectivity index (χ0v) is 30.9. The molecular weight excluding hydrogens is 693 g/mol. The van der Waals surface area contributed by atoms with Crippen LogP contribution in [0, 0.1) is 0 Å². The highest BCUT2D eigenvalue weighted by Crippen LogP contribution is 2.39. The first-order chi connectivity index (χ1) is 28.2. The first-order valence-corrected chi connectivity index (χ1v) is 19.3. The molecule has 9 aromatic carbocycles. The van der Waals surface area contributed by atoms with Gasteiger partial charge in [-0.2, -0.15) is 0 Å². The van der Waals surface area contributed by atoms with Crippen molar-refractivity contribution in [1.82, 2.24) is 9.97 Å². The Labute approximate surface area is 330 Å². The van der Waals surface area contributed by atoms with Gasteiger partial charge in [0.15, 0.2) is 5.82 Å². The van der Waals surface area contributed by atoms with Crippen molar-refractivity contribution in [2.24, 2.45) is 0 Å². The summed E-state index contributed by atoms with van der Waals surface area (Å²) < 4.78 is 6.22. The lowest BCUT2D eigenvalue weighted by Gasteiger charge is -2.14. The summed E-state index contributed by atoms with van der Waals surface area (Å²) in [6.45, 7) is 0. The number of hydrogen-bond acceptors (Lipinski definition) is 3. The van der Waals surface area contributed by atoms with Crippen LogP contribution in [0.5, 0.6) is 0 Å². The smallest absolute Gasteiger partial charge is 0.160 e. The Kier molecular flexibility index (Phi) is 7.82. The highest BCUT2D eigenvalue weighted by molar-refractivity contribution is 6.06. The van der Waals surface area contributed by atoms with Gasteiger partial charge in [0.25, 0.3) is 0 Å². The summed E-state index contributed by atoms with van der Waals surface area (Å²) in [5, 5.41) is 7.08. The molecule has 0 amide bonds. The van der Waals surface area contributed by atoms with Crippen LogP contribution in [0.25, 0.3) is 111 Å². The van der Waals surface area contributed by atoms with E-state index in [-0.39, 0.29) is 0 Å². The molecule has 11 aromatic rings. The lowest BCUT2D eigenvalue weighted by molar-refractivity contribution is 0.669. The molecule has 2 heterocycles. The van der Waals surface area contributed by atoms with Gasteiger partial charge in [-0.15, -0.1) is 0 Å². The summed E-state index contributed by atoms with van der Waals surface area (Å²) in [5.41, 5.74) is 13.3. The molecule has 0 fully saturated rings. The van der Waals surface area contributed by atoms with Gasteiger partial charge in [0.1, 0.15) is 11.2 Å². The average Bonchev–Trinajstić information content (AvgIpc) is 3.67. The van der Waals surface area contributed by atoms with Crippen molar-refractivity contribution in [1.29, 1.82) is 0 Å². The van der Waals surface area contributed by atoms with Crippen molar-refractivity contribution in [3.8, 4) is 67.3 Å². The third kappa shape index (κ3) is 6.03. The third-order valence-corrected chi connectivity index (χ3v) is 11.0. The number of furan rings is 1. The van der Waals surface area contributed by atoms with Crippen molar-refractivity contribution in [3.05, 3.63) is 206 Å². The number of nitrogens with zero attached hydrogens (tertiary/aromatic N) is 2. The molecule has 0 unspecified atom stereocenters. The topological polar surface area (TPSA) is 38.9 Å². The van der Waals surface area contributed by atoms with Gasteiger partial charge in [0, 0.05) is 27.5 Å². The van der Waals surface area contributed by atoms with E-state index in [1.165, 1.54) is 27.1 Å². The summed E-state index contributed by atoms with van der Waals surface area (Å²) in [6.07, 6.45) is 0. The minimum atomic E-state index is 0.683. The Bertz CT molecular complexity index is 3300. The molecule has 0 aliphatic rings. The Morgan fingerprint density at radius 2 is 0.860 bits per heavy atom. The van der Waals surface area contributed by atoms with E-state index in [9.17, 15) is 0 Å². The van der Waals surface area contributed by atoms with Gasteiger partial charge in [-0.1, -0.05) is 152 Å². The number of benzene rings is 9. The highest BCUT2D eigenvalue weighted by atomic mass is 16.3. The van der Waals surface area contributed by atoms with Gasteiger partial charge in [-0.25, -0.2) is 9.97 Å². The summed E-state index contributed by atoms with van der Waals surface area (Å²) in [7, 11) is 0. The fourth-order valence-corrected chi connectivity index (χ4v) is 8.17. The van der Waals surface area contributed by atoms with Crippen molar-refractivity contribution in [2.45, 2.75) is 0 Å². The van der Waals surface area contributed by atoms with E-state index in [0.29, 0.717) is 5.82 Å². The van der Waals surface area contributed by atoms with E-state index < -0.39 is 0 Å². The van der Waals surface area contributed by atoms with E-state index >= 15 is 0 Å². The molecule has 0 aliphatic heterocycles. The van der Waals surface area contributed by atoms with Crippen LogP contribution in [0.1, 0.15) is 0 Å². The molecule has 0 saturated heterocycles. The summed E-state index contributed by atoms with van der Waals surface area (Å²) >= 11 is 0.